The van der Waals surface area contributed by atoms with E-state index < -0.39 is 0 Å². The third kappa shape index (κ3) is 3.56. The quantitative estimate of drug-likeness (QED) is 0.824. The first-order valence-corrected chi connectivity index (χ1v) is 7.00. The normalized spacial score (nSPS) is 13.4. The molecule has 0 aliphatic carbocycles. The Balaban J connectivity index is 2.82. The summed E-state index contributed by atoms with van der Waals surface area (Å²) in [5.74, 6) is 1.33. The summed E-state index contributed by atoms with van der Waals surface area (Å²) in [5.41, 5.74) is 1.24. The highest BCUT2D eigenvalue weighted by Crippen LogP contribution is 2.29. The molecule has 1 rings (SSSR count). The number of nitrogens with one attached hydrogen (secondary N) is 1. The maximum absolute atomic E-state index is 4.69. The molecule has 92 valence electrons. The molecule has 0 radical (unpaired) electrons. The third-order valence-electron chi connectivity index (χ3n) is 2.77. The van der Waals surface area contributed by atoms with Crippen molar-refractivity contribution in [2.24, 2.45) is 5.92 Å². The number of hydrogen-bond acceptors (Lipinski definition) is 3. The van der Waals surface area contributed by atoms with Crippen LogP contribution in [0.2, 0.25) is 0 Å². The zero-order valence-corrected chi connectivity index (χ0v) is 11.9. The number of aryl methyl sites for hydroxylation is 1. The van der Waals surface area contributed by atoms with E-state index in [1.807, 2.05) is 18.4 Å². The lowest BCUT2D eigenvalue weighted by molar-refractivity contribution is 0.616. The molecule has 1 atom stereocenters. The predicted molar refractivity (Wildman–Crippen MR) is 72.4 cm³/mol. The van der Waals surface area contributed by atoms with Gasteiger partial charge in [-0.05, 0) is 26.3 Å². The van der Waals surface area contributed by atoms with Crippen molar-refractivity contribution in [3.8, 4) is 0 Å². The third-order valence-corrected chi connectivity index (χ3v) is 4.12. The average molecular weight is 240 g/mol. The van der Waals surface area contributed by atoms with Crippen LogP contribution in [0.25, 0.3) is 0 Å². The van der Waals surface area contributed by atoms with Gasteiger partial charge in [-0.3, -0.25) is 0 Å². The molecular weight excluding hydrogens is 216 g/mol. The Bertz CT molecular complexity index is 318. The van der Waals surface area contributed by atoms with Gasteiger partial charge in [0, 0.05) is 23.8 Å². The molecular formula is C13H24N2S. The van der Waals surface area contributed by atoms with Crippen molar-refractivity contribution in [1.29, 1.82) is 0 Å². The van der Waals surface area contributed by atoms with Crippen LogP contribution in [0.3, 0.4) is 0 Å². The molecule has 3 heteroatoms. The van der Waals surface area contributed by atoms with Crippen LogP contribution in [0, 0.1) is 12.8 Å². The first-order chi connectivity index (χ1) is 7.58. The number of nitrogens with zero attached hydrogens (tertiary/aromatic N) is 1. The number of hydrogen-bond donors (Lipinski definition) is 1. The van der Waals surface area contributed by atoms with Gasteiger partial charge in [0.1, 0.15) is 0 Å². The van der Waals surface area contributed by atoms with E-state index in [1.165, 1.54) is 22.0 Å². The van der Waals surface area contributed by atoms with Crippen LogP contribution >= 0.6 is 11.3 Å². The van der Waals surface area contributed by atoms with Gasteiger partial charge in [-0.15, -0.1) is 11.3 Å². The minimum atomic E-state index is 0.628. The Morgan fingerprint density at radius 1 is 1.38 bits per heavy atom. The van der Waals surface area contributed by atoms with Crippen molar-refractivity contribution in [1.82, 2.24) is 10.3 Å². The molecule has 1 aromatic heterocycles. The predicted octanol–water partition coefficient (Wildman–Crippen LogP) is 3.36. The molecule has 1 aromatic rings. The lowest BCUT2D eigenvalue weighted by Gasteiger charge is -2.12. The number of rotatable bonds is 6. The molecule has 2 nitrogen and oxygen atoms in total. The van der Waals surface area contributed by atoms with E-state index in [4.69, 9.17) is 4.98 Å². The molecule has 0 aliphatic rings. The Morgan fingerprint density at radius 2 is 2.06 bits per heavy atom. The maximum atomic E-state index is 4.69. The van der Waals surface area contributed by atoms with Gasteiger partial charge in [0.2, 0.25) is 0 Å². The highest BCUT2D eigenvalue weighted by Gasteiger charge is 2.16. The van der Waals surface area contributed by atoms with E-state index >= 15 is 0 Å². The lowest BCUT2D eigenvalue weighted by atomic mass is 10.0. The molecule has 0 bridgehead atoms. The monoisotopic (exact) mass is 240 g/mol. The number of likely N-dealkylation sites (N-methyl/N-ethyl adjacent to an activating group) is 1. The minimum Gasteiger partial charge on any atom is -0.319 e. The van der Waals surface area contributed by atoms with Crippen LogP contribution < -0.4 is 5.32 Å². The van der Waals surface area contributed by atoms with Crippen molar-refractivity contribution in [3.05, 3.63) is 15.6 Å². The molecule has 0 aliphatic heterocycles. The van der Waals surface area contributed by atoms with Crippen molar-refractivity contribution in [2.75, 3.05) is 13.6 Å². The van der Waals surface area contributed by atoms with Crippen LogP contribution in [0.4, 0.5) is 0 Å². The van der Waals surface area contributed by atoms with E-state index in [0.717, 1.165) is 13.0 Å². The second kappa shape index (κ2) is 6.36. The second-order valence-corrected chi connectivity index (χ2v) is 5.93. The summed E-state index contributed by atoms with van der Waals surface area (Å²) in [6, 6.07) is 0. The van der Waals surface area contributed by atoms with Crippen LogP contribution in [0.15, 0.2) is 0 Å². The Hall–Kier alpha value is -0.410. The molecule has 0 spiro atoms. The van der Waals surface area contributed by atoms with Gasteiger partial charge in [0.25, 0.3) is 0 Å². The molecule has 0 fully saturated rings. The first-order valence-electron chi connectivity index (χ1n) is 6.19. The van der Waals surface area contributed by atoms with E-state index in [0.29, 0.717) is 11.8 Å². The van der Waals surface area contributed by atoms with E-state index in [-0.39, 0.29) is 0 Å². The smallest absolute Gasteiger partial charge is 0.0933 e. The molecule has 16 heavy (non-hydrogen) atoms. The standard InChI is InChI=1S/C13H24N2S/c1-6-11(8-14-5)13-10(4)15-12(16-13)7-9(2)3/h9,11,14H,6-8H2,1-5H3. The fourth-order valence-corrected chi connectivity index (χ4v) is 3.41. The van der Waals surface area contributed by atoms with Gasteiger partial charge in [-0.25, -0.2) is 4.98 Å². The van der Waals surface area contributed by atoms with Crippen LogP contribution in [0.5, 0.6) is 0 Å². The van der Waals surface area contributed by atoms with Gasteiger partial charge >= 0.3 is 0 Å². The molecule has 1 heterocycles. The van der Waals surface area contributed by atoms with Gasteiger partial charge in [-0.1, -0.05) is 20.8 Å². The van der Waals surface area contributed by atoms with E-state index in [2.05, 4.69) is 33.0 Å². The SMILES string of the molecule is CCC(CNC)c1sc(CC(C)C)nc1C. The zero-order valence-electron chi connectivity index (χ0n) is 11.1. The first kappa shape index (κ1) is 13.7. The highest BCUT2D eigenvalue weighted by molar-refractivity contribution is 7.11. The summed E-state index contributed by atoms with van der Waals surface area (Å²) < 4.78 is 0. The van der Waals surface area contributed by atoms with Gasteiger partial charge in [0.15, 0.2) is 0 Å². The number of thiazole rings is 1. The summed E-state index contributed by atoms with van der Waals surface area (Å²) in [6.45, 7) is 9.96. The second-order valence-electron chi connectivity index (χ2n) is 4.82. The zero-order chi connectivity index (χ0) is 12.1. The van der Waals surface area contributed by atoms with Crippen molar-refractivity contribution in [3.63, 3.8) is 0 Å². The summed E-state index contributed by atoms with van der Waals surface area (Å²) in [7, 11) is 2.02. The molecule has 1 N–H and O–H groups in total. The van der Waals surface area contributed by atoms with Crippen LogP contribution in [-0.4, -0.2) is 18.6 Å². The molecule has 0 saturated carbocycles. The van der Waals surface area contributed by atoms with Gasteiger partial charge in [0.05, 0.1) is 10.7 Å². The molecule has 0 amide bonds. The van der Waals surface area contributed by atoms with Gasteiger partial charge < -0.3 is 5.32 Å². The Kier molecular flexibility index (Phi) is 5.42. The maximum Gasteiger partial charge on any atom is 0.0933 e. The molecule has 0 saturated heterocycles. The summed E-state index contributed by atoms with van der Waals surface area (Å²) in [5, 5.41) is 4.58. The topological polar surface area (TPSA) is 24.9 Å². The van der Waals surface area contributed by atoms with Crippen molar-refractivity contribution in [2.45, 2.75) is 46.5 Å². The summed E-state index contributed by atoms with van der Waals surface area (Å²) in [6.07, 6.45) is 2.30. The average Bonchev–Trinajstić information content (AvgIpc) is 2.55. The number of aromatic nitrogens is 1. The Morgan fingerprint density at radius 3 is 2.56 bits per heavy atom. The van der Waals surface area contributed by atoms with Crippen molar-refractivity contribution < 1.29 is 0 Å². The lowest BCUT2D eigenvalue weighted by Crippen LogP contribution is -2.16. The fraction of sp³-hybridized carbons (Fsp3) is 0.769. The van der Waals surface area contributed by atoms with Crippen molar-refractivity contribution >= 4 is 11.3 Å². The minimum absolute atomic E-state index is 0.628. The van der Waals surface area contributed by atoms with Crippen LogP contribution in [-0.2, 0) is 6.42 Å². The van der Waals surface area contributed by atoms with Crippen LogP contribution in [0.1, 0.15) is 48.7 Å². The van der Waals surface area contributed by atoms with Gasteiger partial charge in [-0.2, -0.15) is 0 Å². The molecule has 0 aromatic carbocycles. The van der Waals surface area contributed by atoms with E-state index in [9.17, 15) is 0 Å². The summed E-state index contributed by atoms with van der Waals surface area (Å²) in [4.78, 5) is 6.17. The largest absolute Gasteiger partial charge is 0.319 e. The molecule has 1 unspecified atom stereocenters. The highest BCUT2D eigenvalue weighted by atomic mass is 32.1. The fourth-order valence-electron chi connectivity index (χ4n) is 1.95. The van der Waals surface area contributed by atoms with E-state index in [1.54, 1.807) is 0 Å². The Labute approximate surface area is 103 Å². The summed E-state index contributed by atoms with van der Waals surface area (Å²) >= 11 is 1.91.